The number of nitrogens with zero attached hydrogens (tertiary/aromatic N) is 2. The normalized spacial score (nSPS) is 21.3. The molecule has 0 aromatic heterocycles. The van der Waals surface area contributed by atoms with Crippen LogP contribution in [0.15, 0.2) is 0 Å². The quantitative estimate of drug-likeness (QED) is 0.814. The van der Waals surface area contributed by atoms with E-state index in [-0.39, 0.29) is 23.3 Å². The van der Waals surface area contributed by atoms with Crippen LogP contribution in [0.25, 0.3) is 0 Å². The van der Waals surface area contributed by atoms with Crippen molar-refractivity contribution in [3.8, 4) is 0 Å². The third kappa shape index (κ3) is 5.46. The van der Waals surface area contributed by atoms with Gasteiger partial charge in [0.25, 0.3) is 0 Å². The Morgan fingerprint density at radius 3 is 2.30 bits per heavy atom. The number of amides is 2. The molecule has 2 amide bonds. The van der Waals surface area contributed by atoms with E-state index >= 15 is 0 Å². The van der Waals surface area contributed by atoms with Gasteiger partial charge in [0.1, 0.15) is 0 Å². The largest absolute Gasteiger partial charge is 0.378 e. The maximum atomic E-state index is 12.5. The minimum atomic E-state index is -0.151. The fourth-order valence-corrected chi connectivity index (χ4v) is 3.09. The molecule has 1 N–H and O–H groups in total. The van der Waals surface area contributed by atoms with Crippen LogP contribution in [0.1, 0.15) is 40.0 Å². The minimum Gasteiger partial charge on any atom is -0.378 e. The Kier molecular flexibility index (Phi) is 6.41. The molecule has 2 aliphatic heterocycles. The van der Waals surface area contributed by atoms with Crippen LogP contribution >= 0.6 is 0 Å². The van der Waals surface area contributed by atoms with Crippen molar-refractivity contribution in [2.45, 2.75) is 45.6 Å². The molecule has 0 spiro atoms. The van der Waals surface area contributed by atoms with Gasteiger partial charge in [-0.2, -0.15) is 0 Å². The molecule has 0 bridgehead atoms. The summed E-state index contributed by atoms with van der Waals surface area (Å²) in [7, 11) is 0. The van der Waals surface area contributed by atoms with Crippen molar-refractivity contribution in [3.63, 3.8) is 0 Å². The second-order valence-electron chi connectivity index (χ2n) is 7.27. The Balaban J connectivity index is 1.73. The van der Waals surface area contributed by atoms with Gasteiger partial charge in [-0.05, 0) is 46.2 Å². The van der Waals surface area contributed by atoms with Crippen molar-refractivity contribution in [1.82, 2.24) is 15.1 Å². The summed E-state index contributed by atoms with van der Waals surface area (Å²) >= 11 is 0. The first kappa shape index (κ1) is 18.2. The summed E-state index contributed by atoms with van der Waals surface area (Å²) in [6.07, 6.45) is 2.61. The zero-order chi connectivity index (χ0) is 16.9. The number of nitrogens with one attached hydrogen (secondary N) is 1. The predicted octanol–water partition coefficient (Wildman–Crippen LogP) is 0.862. The number of hydrogen-bond donors (Lipinski definition) is 1. The fourth-order valence-electron chi connectivity index (χ4n) is 3.09. The van der Waals surface area contributed by atoms with E-state index in [2.05, 4.69) is 17.1 Å². The van der Waals surface area contributed by atoms with Crippen molar-refractivity contribution in [1.29, 1.82) is 0 Å². The molecule has 2 rings (SSSR count). The summed E-state index contributed by atoms with van der Waals surface area (Å²) in [6.45, 7) is 11.0. The molecule has 0 aliphatic carbocycles. The van der Waals surface area contributed by atoms with Crippen molar-refractivity contribution >= 4 is 11.8 Å². The van der Waals surface area contributed by atoms with E-state index in [0.29, 0.717) is 32.8 Å². The SMILES string of the molecule is CCC(C)(C)NC(=O)CN1CCC(C(=O)N2CCOCC2)CC1. The molecule has 2 saturated heterocycles. The number of morpholine rings is 1. The number of likely N-dealkylation sites (tertiary alicyclic amines) is 1. The van der Waals surface area contributed by atoms with Gasteiger partial charge in [-0.25, -0.2) is 0 Å². The zero-order valence-electron chi connectivity index (χ0n) is 14.8. The van der Waals surface area contributed by atoms with Crippen LogP contribution in [0, 0.1) is 5.92 Å². The van der Waals surface area contributed by atoms with Crippen LogP contribution in [-0.4, -0.2) is 73.1 Å². The number of piperidine rings is 1. The molecule has 132 valence electrons. The predicted molar refractivity (Wildman–Crippen MR) is 89.1 cm³/mol. The van der Waals surface area contributed by atoms with E-state index in [4.69, 9.17) is 4.74 Å². The lowest BCUT2D eigenvalue weighted by atomic mass is 9.95. The number of hydrogen-bond acceptors (Lipinski definition) is 4. The van der Waals surface area contributed by atoms with E-state index in [0.717, 1.165) is 32.4 Å². The Labute approximate surface area is 139 Å². The lowest BCUT2D eigenvalue weighted by Crippen LogP contribution is -2.50. The molecule has 0 atom stereocenters. The monoisotopic (exact) mass is 325 g/mol. The average molecular weight is 325 g/mol. The number of ether oxygens (including phenoxy) is 1. The highest BCUT2D eigenvalue weighted by molar-refractivity contribution is 5.80. The van der Waals surface area contributed by atoms with Gasteiger partial charge in [0.05, 0.1) is 19.8 Å². The maximum Gasteiger partial charge on any atom is 0.234 e. The van der Waals surface area contributed by atoms with E-state index in [1.807, 2.05) is 18.7 Å². The van der Waals surface area contributed by atoms with Crippen LogP contribution in [0.2, 0.25) is 0 Å². The molecule has 0 radical (unpaired) electrons. The van der Waals surface area contributed by atoms with Crippen LogP contribution in [0.3, 0.4) is 0 Å². The maximum absolute atomic E-state index is 12.5. The fraction of sp³-hybridized carbons (Fsp3) is 0.882. The highest BCUT2D eigenvalue weighted by Gasteiger charge is 2.30. The summed E-state index contributed by atoms with van der Waals surface area (Å²) in [5, 5.41) is 3.07. The standard InChI is InChI=1S/C17H31N3O3/c1-4-17(2,3)18-15(21)13-19-7-5-14(6-8-19)16(22)20-9-11-23-12-10-20/h14H,4-13H2,1-3H3,(H,18,21). The van der Waals surface area contributed by atoms with E-state index in [1.54, 1.807) is 0 Å². The average Bonchev–Trinajstić information content (AvgIpc) is 2.55. The van der Waals surface area contributed by atoms with Crippen LogP contribution < -0.4 is 5.32 Å². The molecule has 23 heavy (non-hydrogen) atoms. The van der Waals surface area contributed by atoms with Crippen LogP contribution in [0.4, 0.5) is 0 Å². The Bertz CT molecular complexity index is 411. The minimum absolute atomic E-state index is 0.0785. The molecular formula is C17H31N3O3. The van der Waals surface area contributed by atoms with Gasteiger partial charge in [-0.1, -0.05) is 6.92 Å². The van der Waals surface area contributed by atoms with Gasteiger partial charge >= 0.3 is 0 Å². The molecule has 6 heteroatoms. The molecule has 0 aromatic carbocycles. The highest BCUT2D eigenvalue weighted by Crippen LogP contribution is 2.20. The van der Waals surface area contributed by atoms with Gasteiger partial charge in [0.2, 0.25) is 11.8 Å². The zero-order valence-corrected chi connectivity index (χ0v) is 14.8. The molecule has 0 saturated carbocycles. The van der Waals surface area contributed by atoms with Crippen molar-refractivity contribution in [2.75, 3.05) is 45.9 Å². The summed E-state index contributed by atoms with van der Waals surface area (Å²) in [4.78, 5) is 28.7. The summed E-state index contributed by atoms with van der Waals surface area (Å²) < 4.78 is 5.30. The Morgan fingerprint density at radius 2 is 1.74 bits per heavy atom. The van der Waals surface area contributed by atoms with E-state index in [9.17, 15) is 9.59 Å². The first-order chi connectivity index (χ1) is 10.9. The third-order valence-electron chi connectivity index (χ3n) is 4.99. The highest BCUT2D eigenvalue weighted by atomic mass is 16.5. The van der Waals surface area contributed by atoms with Crippen LogP contribution in [-0.2, 0) is 14.3 Å². The lowest BCUT2D eigenvalue weighted by molar-refractivity contribution is -0.141. The number of rotatable bonds is 5. The first-order valence-corrected chi connectivity index (χ1v) is 8.81. The molecule has 6 nitrogen and oxygen atoms in total. The van der Waals surface area contributed by atoms with Gasteiger partial charge < -0.3 is 15.0 Å². The second kappa shape index (κ2) is 8.11. The third-order valence-corrected chi connectivity index (χ3v) is 4.99. The first-order valence-electron chi connectivity index (χ1n) is 8.81. The summed E-state index contributed by atoms with van der Waals surface area (Å²) in [5.41, 5.74) is -0.151. The topological polar surface area (TPSA) is 61.9 Å². The van der Waals surface area contributed by atoms with Gasteiger partial charge in [-0.3, -0.25) is 14.5 Å². The molecule has 2 aliphatic rings. The number of carbonyl (C=O) groups is 2. The van der Waals surface area contributed by atoms with Crippen LogP contribution in [0.5, 0.6) is 0 Å². The van der Waals surface area contributed by atoms with E-state index in [1.165, 1.54) is 0 Å². The van der Waals surface area contributed by atoms with Crippen molar-refractivity contribution in [3.05, 3.63) is 0 Å². The molecule has 0 aromatic rings. The van der Waals surface area contributed by atoms with Gasteiger partial charge in [0, 0.05) is 24.5 Å². The van der Waals surface area contributed by atoms with Crippen molar-refractivity contribution in [2.24, 2.45) is 5.92 Å². The molecule has 2 heterocycles. The smallest absolute Gasteiger partial charge is 0.234 e. The summed E-state index contributed by atoms with van der Waals surface area (Å²) in [6, 6.07) is 0. The van der Waals surface area contributed by atoms with E-state index < -0.39 is 0 Å². The Hall–Kier alpha value is -1.14. The number of carbonyl (C=O) groups excluding carboxylic acids is 2. The summed E-state index contributed by atoms with van der Waals surface area (Å²) in [5.74, 6) is 0.457. The molecule has 2 fully saturated rings. The van der Waals surface area contributed by atoms with Gasteiger partial charge in [0.15, 0.2) is 0 Å². The van der Waals surface area contributed by atoms with Crippen molar-refractivity contribution < 1.29 is 14.3 Å². The molecule has 0 unspecified atom stereocenters. The lowest BCUT2D eigenvalue weighted by Gasteiger charge is -2.35. The second-order valence-corrected chi connectivity index (χ2v) is 7.27. The molecular weight excluding hydrogens is 294 g/mol. The van der Waals surface area contributed by atoms with Gasteiger partial charge in [-0.15, -0.1) is 0 Å². The Morgan fingerprint density at radius 1 is 1.13 bits per heavy atom.